The van der Waals surface area contributed by atoms with Gasteiger partial charge in [-0.2, -0.15) is 0 Å². The summed E-state index contributed by atoms with van der Waals surface area (Å²) >= 11 is 0. The molecule has 6 heteroatoms. The fraction of sp³-hybridized carbons (Fsp3) is 0. The first-order valence-corrected chi connectivity index (χ1v) is 7.62. The second-order valence-electron chi connectivity index (χ2n) is 5.88. The summed E-state index contributed by atoms with van der Waals surface area (Å²) in [5.74, 6) is -1.54. The maximum absolute atomic E-state index is 11.5. The lowest BCUT2D eigenvalue weighted by Crippen LogP contribution is -2.36. The van der Waals surface area contributed by atoms with Gasteiger partial charge in [0.15, 0.2) is 0 Å². The molecule has 0 aliphatic carbocycles. The number of benzene rings is 2. The van der Waals surface area contributed by atoms with E-state index in [1.165, 1.54) is 0 Å². The molecule has 0 atom stereocenters. The molecule has 6 nitrogen and oxygen atoms in total. The molecule has 0 aliphatic rings. The van der Waals surface area contributed by atoms with Crippen molar-refractivity contribution in [2.45, 2.75) is 0 Å². The first-order valence-electron chi connectivity index (χ1n) is 7.62. The Hall–Kier alpha value is -3.80. The van der Waals surface area contributed by atoms with Gasteiger partial charge in [-0.25, -0.2) is 0 Å². The third kappa shape index (κ3) is 2.05. The number of hydrogen-bond acceptors (Lipinski definition) is 6. The molecule has 0 aromatic heterocycles. The molecule has 4 aromatic rings. The van der Waals surface area contributed by atoms with Gasteiger partial charge in [0.25, 0.3) is 0 Å². The average molecular weight is 344 g/mol. The predicted molar refractivity (Wildman–Crippen MR) is 91.5 cm³/mol. The van der Waals surface area contributed by atoms with Crippen molar-refractivity contribution in [3.63, 3.8) is 0 Å². The molecular formula is C20H8O6-2. The lowest BCUT2D eigenvalue weighted by atomic mass is 9.95. The van der Waals surface area contributed by atoms with Crippen molar-refractivity contribution in [1.29, 1.82) is 0 Å². The highest BCUT2D eigenvalue weighted by Crippen LogP contribution is 2.29. The minimum absolute atomic E-state index is 0.0972. The van der Waals surface area contributed by atoms with Crippen LogP contribution in [0.3, 0.4) is 0 Å². The summed E-state index contributed by atoms with van der Waals surface area (Å²) in [5, 5.41) is 22.9. The van der Waals surface area contributed by atoms with Crippen molar-refractivity contribution in [2.24, 2.45) is 0 Å². The topological polar surface area (TPSA) is 114 Å². The highest BCUT2D eigenvalue weighted by molar-refractivity contribution is 5.78. The van der Waals surface area contributed by atoms with Gasteiger partial charge in [-0.05, 0) is 33.8 Å². The van der Waals surface area contributed by atoms with Crippen LogP contribution in [0.4, 0.5) is 0 Å². The lowest BCUT2D eigenvalue weighted by molar-refractivity contribution is -0.271. The van der Waals surface area contributed by atoms with Crippen LogP contribution < -0.4 is 31.9 Å². The Bertz CT molecular complexity index is 1190. The normalized spacial score (nSPS) is 11.2. The van der Waals surface area contributed by atoms with E-state index in [9.17, 15) is 29.4 Å². The van der Waals surface area contributed by atoms with E-state index in [1.54, 1.807) is 48.5 Å². The first kappa shape index (κ1) is 15.7. The van der Waals surface area contributed by atoms with E-state index in [1.807, 2.05) is 0 Å². The summed E-state index contributed by atoms with van der Waals surface area (Å²) in [5.41, 5.74) is -1.38. The van der Waals surface area contributed by atoms with Gasteiger partial charge in [0, 0.05) is 11.1 Å². The molecule has 126 valence electrons. The Labute approximate surface area is 145 Å². The Morgan fingerprint density at radius 1 is 0.423 bits per heavy atom. The van der Waals surface area contributed by atoms with Crippen molar-refractivity contribution < 1.29 is 10.2 Å². The molecule has 0 amide bonds. The van der Waals surface area contributed by atoms with Crippen LogP contribution in [0.5, 0.6) is 11.5 Å². The number of rotatable bonds is 3. The van der Waals surface area contributed by atoms with Crippen LogP contribution in [-0.4, -0.2) is 0 Å². The van der Waals surface area contributed by atoms with Crippen molar-refractivity contribution in [3.05, 3.63) is 89.4 Å². The van der Waals surface area contributed by atoms with E-state index in [0.29, 0.717) is 11.1 Å². The summed E-state index contributed by atoms with van der Waals surface area (Å²) < 4.78 is 0. The molecule has 0 aliphatic heterocycles. The van der Waals surface area contributed by atoms with E-state index < -0.39 is 33.2 Å². The van der Waals surface area contributed by atoms with Gasteiger partial charge in [0.2, 0.25) is 21.7 Å². The number of hydrogen-bond donors (Lipinski definition) is 0. The smallest absolute Gasteiger partial charge is 0.232 e. The van der Waals surface area contributed by atoms with Gasteiger partial charge in [0.05, 0.1) is 0 Å². The molecule has 0 heterocycles. The highest BCUT2D eigenvalue weighted by Gasteiger charge is 2.16. The van der Waals surface area contributed by atoms with Gasteiger partial charge in [-0.15, -0.1) is 0 Å². The van der Waals surface area contributed by atoms with E-state index in [2.05, 4.69) is 0 Å². The van der Waals surface area contributed by atoms with Crippen LogP contribution in [0.2, 0.25) is 0 Å². The van der Waals surface area contributed by atoms with E-state index in [-0.39, 0.29) is 11.1 Å². The quantitative estimate of drug-likeness (QED) is 0.484. The van der Waals surface area contributed by atoms with Crippen LogP contribution in [0.1, 0.15) is 0 Å². The van der Waals surface area contributed by atoms with E-state index >= 15 is 0 Å². The SMILES string of the molecule is O=c1c([O-])c(-c2ccc(-c3ccc(-c4c([O-])c(=O)c4=O)cc3)cc2)c1=O. The zero-order valence-corrected chi connectivity index (χ0v) is 13.1. The molecule has 0 spiro atoms. The lowest BCUT2D eigenvalue weighted by Gasteiger charge is -2.15. The van der Waals surface area contributed by atoms with Gasteiger partial charge in [0.1, 0.15) is 0 Å². The molecule has 0 radical (unpaired) electrons. The molecule has 0 unspecified atom stereocenters. The van der Waals surface area contributed by atoms with Gasteiger partial charge in [-0.1, -0.05) is 48.5 Å². The molecule has 0 bridgehead atoms. The predicted octanol–water partition coefficient (Wildman–Crippen LogP) is 0.0268. The third-order valence-electron chi connectivity index (χ3n) is 4.41. The molecule has 0 fully saturated rings. The molecule has 0 saturated carbocycles. The van der Waals surface area contributed by atoms with Crippen LogP contribution in [0.15, 0.2) is 67.7 Å². The van der Waals surface area contributed by atoms with Crippen molar-refractivity contribution in [1.82, 2.24) is 0 Å². The molecule has 26 heavy (non-hydrogen) atoms. The average Bonchev–Trinajstić information content (AvgIpc) is 2.69. The zero-order chi connectivity index (χ0) is 18.6. The monoisotopic (exact) mass is 344 g/mol. The fourth-order valence-electron chi connectivity index (χ4n) is 2.92. The Balaban J connectivity index is 1.65. The fourth-order valence-corrected chi connectivity index (χ4v) is 2.92. The van der Waals surface area contributed by atoms with Crippen molar-refractivity contribution >= 4 is 0 Å². The largest absolute Gasteiger partial charge is 0.869 e. The van der Waals surface area contributed by atoms with E-state index in [4.69, 9.17) is 0 Å². The van der Waals surface area contributed by atoms with E-state index in [0.717, 1.165) is 11.1 Å². The minimum Gasteiger partial charge on any atom is -0.869 e. The molecular weight excluding hydrogens is 336 g/mol. The van der Waals surface area contributed by atoms with Gasteiger partial charge < -0.3 is 10.2 Å². The van der Waals surface area contributed by atoms with Gasteiger partial charge in [-0.3, -0.25) is 19.2 Å². The second-order valence-corrected chi connectivity index (χ2v) is 5.88. The van der Waals surface area contributed by atoms with Crippen molar-refractivity contribution in [2.75, 3.05) is 0 Å². The summed E-state index contributed by atoms with van der Waals surface area (Å²) in [6.45, 7) is 0. The summed E-state index contributed by atoms with van der Waals surface area (Å²) in [6.07, 6.45) is 0. The maximum atomic E-state index is 11.5. The summed E-state index contributed by atoms with van der Waals surface area (Å²) in [7, 11) is 0. The molecule has 0 N–H and O–H groups in total. The summed E-state index contributed by atoms with van der Waals surface area (Å²) in [4.78, 5) is 45.0. The Morgan fingerprint density at radius 2 is 0.692 bits per heavy atom. The van der Waals surface area contributed by atoms with Gasteiger partial charge >= 0.3 is 0 Å². The zero-order valence-electron chi connectivity index (χ0n) is 13.1. The Kier molecular flexibility index (Phi) is 3.23. The van der Waals surface area contributed by atoms with Crippen LogP contribution in [0, 0.1) is 0 Å². The third-order valence-corrected chi connectivity index (χ3v) is 4.41. The summed E-state index contributed by atoms with van der Waals surface area (Å²) in [6, 6.07) is 13.1. The molecule has 4 rings (SSSR count). The first-order chi connectivity index (χ1) is 12.4. The molecule has 4 aromatic carbocycles. The second kappa shape index (κ2) is 5.35. The molecule has 0 saturated heterocycles. The minimum atomic E-state index is -0.990. The maximum Gasteiger partial charge on any atom is 0.232 e. The standard InChI is InChI=1S/C20H10O6/c21-15-13(16(22)19(15)25)11-5-1-9(2-6-11)10-3-7-12(8-4-10)14-17(23)20(26)18(14)24/h1-8,21,23H/p-2. The van der Waals surface area contributed by atoms with Crippen LogP contribution in [-0.2, 0) is 0 Å². The Morgan fingerprint density at radius 3 is 0.962 bits per heavy atom. The van der Waals surface area contributed by atoms with Crippen LogP contribution in [0.25, 0.3) is 33.4 Å². The van der Waals surface area contributed by atoms with Crippen molar-refractivity contribution in [3.8, 4) is 44.9 Å². The van der Waals surface area contributed by atoms with Crippen LogP contribution >= 0.6 is 0 Å². The highest BCUT2D eigenvalue weighted by atomic mass is 16.3.